The molecule has 5 nitrogen and oxygen atoms in total. The number of ether oxygens (including phenoxy) is 2. The van der Waals surface area contributed by atoms with Gasteiger partial charge in [-0.15, -0.1) is 0 Å². The third-order valence-corrected chi connectivity index (χ3v) is 4.58. The Kier molecular flexibility index (Phi) is 4.01. The second-order valence-corrected chi connectivity index (χ2v) is 5.98. The monoisotopic (exact) mass is 318 g/mol. The Labute approximate surface area is 134 Å². The Morgan fingerprint density at radius 1 is 1.30 bits per heavy atom. The molecule has 3 heterocycles. The molecule has 0 aromatic carbocycles. The van der Waals surface area contributed by atoms with E-state index in [2.05, 4.69) is 9.88 Å². The fraction of sp³-hybridized carbons (Fsp3) is 0.471. The minimum atomic E-state index is -0.431. The molecule has 0 amide bonds. The quantitative estimate of drug-likeness (QED) is 0.867. The van der Waals surface area contributed by atoms with Crippen LogP contribution in [-0.2, 0) is 11.3 Å². The lowest BCUT2D eigenvalue weighted by molar-refractivity contribution is -0.0939. The molecule has 2 aromatic heterocycles. The Morgan fingerprint density at radius 2 is 2.26 bits per heavy atom. The van der Waals surface area contributed by atoms with Crippen molar-refractivity contribution in [2.45, 2.75) is 37.6 Å². The second kappa shape index (κ2) is 6.29. The highest BCUT2D eigenvalue weighted by atomic mass is 19.1. The number of morpholine rings is 1. The number of pyridine rings is 1. The summed E-state index contributed by atoms with van der Waals surface area (Å²) in [6.45, 7) is 2.28. The summed E-state index contributed by atoms with van der Waals surface area (Å²) in [6.07, 6.45) is 4.81. The van der Waals surface area contributed by atoms with Crippen LogP contribution in [0.2, 0.25) is 0 Å². The number of hydrogen-bond donors (Lipinski definition) is 0. The van der Waals surface area contributed by atoms with E-state index in [1.807, 2.05) is 12.1 Å². The molecule has 0 bridgehead atoms. The number of nitrogens with zero attached hydrogens (tertiary/aromatic N) is 2. The van der Waals surface area contributed by atoms with Crippen molar-refractivity contribution in [2.24, 2.45) is 0 Å². The number of furan rings is 1. The van der Waals surface area contributed by atoms with Crippen LogP contribution in [0.4, 0.5) is 4.39 Å². The van der Waals surface area contributed by atoms with E-state index < -0.39 is 5.82 Å². The Balaban J connectivity index is 1.46. The predicted octanol–water partition coefficient (Wildman–Crippen LogP) is 2.62. The summed E-state index contributed by atoms with van der Waals surface area (Å²) in [5.74, 6) is 0.579. The number of rotatable bonds is 4. The van der Waals surface area contributed by atoms with Crippen LogP contribution in [0.5, 0.6) is 5.88 Å². The van der Waals surface area contributed by atoms with Gasteiger partial charge in [0.15, 0.2) is 5.82 Å². The molecule has 0 unspecified atom stereocenters. The smallest absolute Gasteiger partial charge is 0.250 e. The first-order valence-electron chi connectivity index (χ1n) is 7.96. The molecule has 122 valence electrons. The van der Waals surface area contributed by atoms with Crippen molar-refractivity contribution in [1.29, 1.82) is 0 Å². The van der Waals surface area contributed by atoms with Gasteiger partial charge in [0.05, 0.1) is 19.4 Å². The molecule has 6 heteroatoms. The first-order chi connectivity index (χ1) is 11.3. The van der Waals surface area contributed by atoms with Gasteiger partial charge in [0.1, 0.15) is 18.0 Å². The molecule has 1 aliphatic carbocycles. The molecule has 2 aliphatic rings. The number of halogens is 1. The Morgan fingerprint density at radius 3 is 3.09 bits per heavy atom. The zero-order chi connectivity index (χ0) is 15.6. The van der Waals surface area contributed by atoms with E-state index in [0.717, 1.165) is 31.7 Å². The van der Waals surface area contributed by atoms with Crippen molar-refractivity contribution < 1.29 is 18.3 Å². The number of hydrogen-bond acceptors (Lipinski definition) is 5. The molecule has 23 heavy (non-hydrogen) atoms. The molecular formula is C17H19FN2O3. The SMILES string of the molecule is Fc1cccnc1O[C@@H]1CC[C@@H]2[C@@H]1OCCN2Cc1ccco1. The molecule has 0 spiro atoms. The standard InChI is InChI=1S/C17H19FN2O3/c18-13-4-1-7-19-17(13)23-15-6-5-14-16(15)22-10-8-20(14)11-12-3-2-9-21-12/h1-4,7,9,14-16H,5-6,8,10-11H2/t14-,15-,16+/m1/s1. The van der Waals surface area contributed by atoms with Gasteiger partial charge in [-0.3, -0.25) is 4.90 Å². The predicted molar refractivity (Wildman–Crippen MR) is 80.5 cm³/mol. The van der Waals surface area contributed by atoms with Crippen molar-refractivity contribution in [3.8, 4) is 5.88 Å². The van der Waals surface area contributed by atoms with Crippen molar-refractivity contribution in [2.75, 3.05) is 13.2 Å². The van der Waals surface area contributed by atoms with Crippen LogP contribution < -0.4 is 4.74 Å². The van der Waals surface area contributed by atoms with Gasteiger partial charge in [0.25, 0.3) is 5.88 Å². The van der Waals surface area contributed by atoms with Gasteiger partial charge in [-0.05, 0) is 37.1 Å². The largest absolute Gasteiger partial charge is 0.469 e. The molecule has 1 aliphatic heterocycles. The van der Waals surface area contributed by atoms with Gasteiger partial charge in [-0.25, -0.2) is 9.37 Å². The van der Waals surface area contributed by atoms with Gasteiger partial charge in [-0.1, -0.05) is 0 Å². The minimum Gasteiger partial charge on any atom is -0.469 e. The number of aromatic nitrogens is 1. The zero-order valence-electron chi connectivity index (χ0n) is 12.7. The van der Waals surface area contributed by atoms with Crippen molar-refractivity contribution in [1.82, 2.24) is 9.88 Å². The maximum Gasteiger partial charge on any atom is 0.250 e. The van der Waals surface area contributed by atoms with E-state index in [0.29, 0.717) is 6.61 Å². The lowest BCUT2D eigenvalue weighted by Gasteiger charge is -2.38. The van der Waals surface area contributed by atoms with Crippen LogP contribution in [-0.4, -0.2) is 41.3 Å². The van der Waals surface area contributed by atoms with Gasteiger partial charge in [0, 0.05) is 18.8 Å². The summed E-state index contributed by atoms with van der Waals surface area (Å²) < 4.78 is 30.9. The van der Waals surface area contributed by atoms with Crippen LogP contribution in [0, 0.1) is 5.82 Å². The minimum absolute atomic E-state index is 0.0554. The van der Waals surface area contributed by atoms with Crippen molar-refractivity contribution in [3.05, 3.63) is 48.3 Å². The Bertz CT molecular complexity index is 649. The summed E-state index contributed by atoms with van der Waals surface area (Å²) in [7, 11) is 0. The van der Waals surface area contributed by atoms with Crippen LogP contribution in [0.1, 0.15) is 18.6 Å². The summed E-state index contributed by atoms with van der Waals surface area (Å²) in [6, 6.07) is 7.07. The summed E-state index contributed by atoms with van der Waals surface area (Å²) in [5, 5.41) is 0. The zero-order valence-corrected chi connectivity index (χ0v) is 12.7. The fourth-order valence-electron chi connectivity index (χ4n) is 3.52. The molecule has 1 saturated heterocycles. The summed E-state index contributed by atoms with van der Waals surface area (Å²) in [4.78, 5) is 6.34. The van der Waals surface area contributed by atoms with E-state index in [4.69, 9.17) is 13.9 Å². The van der Waals surface area contributed by atoms with Crippen LogP contribution in [0.25, 0.3) is 0 Å². The topological polar surface area (TPSA) is 47.7 Å². The molecule has 2 aromatic rings. The van der Waals surface area contributed by atoms with Crippen LogP contribution in [0.3, 0.4) is 0 Å². The van der Waals surface area contributed by atoms with E-state index >= 15 is 0 Å². The lowest BCUT2D eigenvalue weighted by Crippen LogP contribution is -2.51. The molecule has 2 fully saturated rings. The summed E-state index contributed by atoms with van der Waals surface area (Å²) in [5.41, 5.74) is 0. The first kappa shape index (κ1) is 14.7. The van der Waals surface area contributed by atoms with Gasteiger partial charge >= 0.3 is 0 Å². The highest BCUT2D eigenvalue weighted by Gasteiger charge is 2.44. The maximum absolute atomic E-state index is 13.7. The first-order valence-corrected chi connectivity index (χ1v) is 7.96. The highest BCUT2D eigenvalue weighted by molar-refractivity contribution is 5.14. The van der Waals surface area contributed by atoms with Crippen molar-refractivity contribution >= 4 is 0 Å². The van der Waals surface area contributed by atoms with Crippen LogP contribution >= 0.6 is 0 Å². The Hall–Kier alpha value is -1.92. The third-order valence-electron chi connectivity index (χ3n) is 4.58. The average molecular weight is 318 g/mol. The van der Waals surface area contributed by atoms with Gasteiger partial charge < -0.3 is 13.9 Å². The molecule has 3 atom stereocenters. The van der Waals surface area contributed by atoms with E-state index in [9.17, 15) is 4.39 Å². The fourth-order valence-corrected chi connectivity index (χ4v) is 3.52. The molecule has 1 saturated carbocycles. The highest BCUT2D eigenvalue weighted by Crippen LogP contribution is 2.33. The molecule has 0 N–H and O–H groups in total. The third kappa shape index (κ3) is 2.96. The van der Waals surface area contributed by atoms with E-state index in [-0.39, 0.29) is 24.1 Å². The maximum atomic E-state index is 13.7. The molecular weight excluding hydrogens is 299 g/mol. The van der Waals surface area contributed by atoms with Crippen molar-refractivity contribution in [3.63, 3.8) is 0 Å². The number of fused-ring (bicyclic) bond motifs is 1. The lowest BCUT2D eigenvalue weighted by atomic mass is 10.1. The molecule has 0 radical (unpaired) electrons. The second-order valence-electron chi connectivity index (χ2n) is 5.98. The normalized spacial score (nSPS) is 27.8. The van der Waals surface area contributed by atoms with Crippen LogP contribution in [0.15, 0.2) is 41.1 Å². The molecule has 4 rings (SSSR count). The average Bonchev–Trinajstić information content (AvgIpc) is 3.20. The van der Waals surface area contributed by atoms with Gasteiger partial charge in [0.2, 0.25) is 0 Å². The van der Waals surface area contributed by atoms with Gasteiger partial charge in [-0.2, -0.15) is 0 Å². The van der Waals surface area contributed by atoms with E-state index in [1.54, 1.807) is 12.3 Å². The van der Waals surface area contributed by atoms with E-state index in [1.165, 1.54) is 12.3 Å². The summed E-state index contributed by atoms with van der Waals surface area (Å²) >= 11 is 0.